The van der Waals surface area contributed by atoms with Crippen molar-refractivity contribution in [3.05, 3.63) is 11.1 Å². The average molecular weight is 228 g/mol. The number of hydrogen-bond donors (Lipinski definition) is 2. The number of rotatable bonds is 6. The van der Waals surface area contributed by atoms with Gasteiger partial charge in [-0.15, -0.1) is 11.3 Å². The first kappa shape index (κ1) is 11.9. The molecule has 0 aliphatic heterocycles. The van der Waals surface area contributed by atoms with Crippen LogP contribution >= 0.6 is 11.3 Å². The molecule has 1 rings (SSSR count). The molecule has 0 atom stereocenters. The number of carbonyl (C=O) groups excluding carboxylic acids is 1. The fourth-order valence-corrected chi connectivity index (χ4v) is 2.16. The second kappa shape index (κ2) is 5.67. The van der Waals surface area contributed by atoms with Gasteiger partial charge in [0.2, 0.25) is 5.91 Å². The molecule has 0 aliphatic carbocycles. The Bertz CT molecular complexity index is 326. The van der Waals surface area contributed by atoms with Crippen LogP contribution in [0, 0.1) is 0 Å². The Morgan fingerprint density at radius 3 is 3.07 bits per heavy atom. The molecule has 1 heterocycles. The number of carbonyl (C=O) groups is 1. The van der Waals surface area contributed by atoms with Crippen LogP contribution < -0.4 is 11.1 Å². The molecule has 0 aliphatic rings. The molecule has 0 unspecified atom stereocenters. The summed E-state index contributed by atoms with van der Waals surface area (Å²) in [6.45, 7) is 3.87. The van der Waals surface area contributed by atoms with Crippen molar-refractivity contribution >= 4 is 22.4 Å². The summed E-state index contributed by atoms with van der Waals surface area (Å²) in [6, 6.07) is 0. The van der Waals surface area contributed by atoms with Gasteiger partial charge in [0.15, 0.2) is 5.13 Å². The predicted molar refractivity (Wildman–Crippen MR) is 61.8 cm³/mol. The van der Waals surface area contributed by atoms with Crippen LogP contribution in [0.15, 0.2) is 6.20 Å². The third-order valence-corrected chi connectivity index (χ3v) is 2.67. The van der Waals surface area contributed by atoms with Crippen molar-refractivity contribution in [2.24, 2.45) is 5.73 Å². The van der Waals surface area contributed by atoms with Crippen molar-refractivity contribution in [2.45, 2.75) is 13.5 Å². The van der Waals surface area contributed by atoms with E-state index in [4.69, 9.17) is 5.73 Å². The van der Waals surface area contributed by atoms with Gasteiger partial charge in [0.1, 0.15) is 0 Å². The van der Waals surface area contributed by atoms with Gasteiger partial charge in [0.25, 0.3) is 0 Å². The maximum absolute atomic E-state index is 10.7. The molecule has 6 heteroatoms. The molecular formula is C9H16N4OS. The van der Waals surface area contributed by atoms with Crippen LogP contribution in [0.2, 0.25) is 0 Å². The standard InChI is InChI=1S/C9H16N4OS/c1-3-11-9-12-4-7(15-9)5-13(2)6-8(10)14/h4H,3,5-6H2,1-2H3,(H2,10,14)(H,11,12). The molecule has 1 aromatic heterocycles. The van der Waals surface area contributed by atoms with Gasteiger partial charge in [0, 0.05) is 24.2 Å². The van der Waals surface area contributed by atoms with Crippen molar-refractivity contribution in [3.63, 3.8) is 0 Å². The minimum Gasteiger partial charge on any atom is -0.369 e. The van der Waals surface area contributed by atoms with Crippen LogP contribution in [0.3, 0.4) is 0 Å². The number of nitrogens with zero attached hydrogens (tertiary/aromatic N) is 2. The number of anilines is 1. The zero-order valence-electron chi connectivity index (χ0n) is 8.99. The molecule has 0 spiro atoms. The topological polar surface area (TPSA) is 71.2 Å². The first-order valence-electron chi connectivity index (χ1n) is 4.77. The molecule has 5 nitrogen and oxygen atoms in total. The quantitative estimate of drug-likeness (QED) is 0.743. The molecule has 0 saturated carbocycles. The molecule has 1 aromatic rings. The van der Waals surface area contributed by atoms with Crippen LogP contribution in [-0.2, 0) is 11.3 Å². The summed E-state index contributed by atoms with van der Waals surface area (Å²) < 4.78 is 0. The van der Waals surface area contributed by atoms with Crippen LogP contribution in [0.4, 0.5) is 5.13 Å². The van der Waals surface area contributed by atoms with E-state index in [2.05, 4.69) is 10.3 Å². The molecule has 1 amide bonds. The van der Waals surface area contributed by atoms with E-state index in [-0.39, 0.29) is 12.5 Å². The van der Waals surface area contributed by atoms with Crippen molar-refractivity contribution in [1.82, 2.24) is 9.88 Å². The molecule has 15 heavy (non-hydrogen) atoms. The number of likely N-dealkylation sites (N-methyl/N-ethyl adjacent to an activating group) is 1. The highest BCUT2D eigenvalue weighted by atomic mass is 32.1. The maximum Gasteiger partial charge on any atom is 0.231 e. The summed E-state index contributed by atoms with van der Waals surface area (Å²) in [4.78, 5) is 17.9. The fraction of sp³-hybridized carbons (Fsp3) is 0.556. The van der Waals surface area contributed by atoms with E-state index in [1.54, 1.807) is 11.3 Å². The fourth-order valence-electron chi connectivity index (χ4n) is 1.20. The van der Waals surface area contributed by atoms with Gasteiger partial charge in [-0.2, -0.15) is 0 Å². The molecule has 0 fully saturated rings. The summed E-state index contributed by atoms with van der Waals surface area (Å²) in [6.07, 6.45) is 1.82. The highest BCUT2D eigenvalue weighted by Gasteiger charge is 2.06. The van der Waals surface area contributed by atoms with Gasteiger partial charge in [-0.05, 0) is 14.0 Å². The third kappa shape index (κ3) is 4.26. The van der Waals surface area contributed by atoms with Crippen LogP contribution in [-0.4, -0.2) is 35.9 Å². The number of nitrogens with two attached hydrogens (primary N) is 1. The van der Waals surface area contributed by atoms with E-state index >= 15 is 0 Å². The largest absolute Gasteiger partial charge is 0.369 e. The van der Waals surface area contributed by atoms with Gasteiger partial charge < -0.3 is 11.1 Å². The number of primary amides is 1. The van der Waals surface area contributed by atoms with Crippen LogP contribution in [0.5, 0.6) is 0 Å². The maximum atomic E-state index is 10.7. The highest BCUT2D eigenvalue weighted by molar-refractivity contribution is 7.15. The smallest absolute Gasteiger partial charge is 0.231 e. The Kier molecular flexibility index (Phi) is 4.51. The highest BCUT2D eigenvalue weighted by Crippen LogP contribution is 2.18. The molecule has 0 aromatic carbocycles. The lowest BCUT2D eigenvalue weighted by molar-refractivity contribution is -0.118. The van der Waals surface area contributed by atoms with Gasteiger partial charge in [-0.25, -0.2) is 4.98 Å². The number of thiazole rings is 1. The summed E-state index contributed by atoms with van der Waals surface area (Å²) in [7, 11) is 1.86. The van der Waals surface area contributed by atoms with E-state index in [9.17, 15) is 4.79 Å². The Labute approximate surface area is 93.3 Å². The summed E-state index contributed by atoms with van der Waals surface area (Å²) in [5, 5.41) is 4.06. The molecule has 0 bridgehead atoms. The number of amides is 1. The predicted octanol–water partition coefficient (Wildman–Crippen LogP) is 0.492. The Hall–Kier alpha value is -1.14. The Balaban J connectivity index is 2.45. The van der Waals surface area contributed by atoms with Gasteiger partial charge in [0.05, 0.1) is 6.54 Å². The first-order valence-corrected chi connectivity index (χ1v) is 5.59. The third-order valence-electron chi connectivity index (χ3n) is 1.73. The zero-order chi connectivity index (χ0) is 11.3. The second-order valence-corrected chi connectivity index (χ2v) is 4.42. The van der Waals surface area contributed by atoms with Gasteiger partial charge in [-0.3, -0.25) is 9.69 Å². The van der Waals surface area contributed by atoms with Crippen LogP contribution in [0.1, 0.15) is 11.8 Å². The minimum absolute atomic E-state index is 0.272. The Morgan fingerprint density at radius 2 is 2.47 bits per heavy atom. The number of hydrogen-bond acceptors (Lipinski definition) is 5. The van der Waals surface area contributed by atoms with Crippen LogP contribution in [0.25, 0.3) is 0 Å². The van der Waals surface area contributed by atoms with Crippen molar-refractivity contribution in [2.75, 3.05) is 25.5 Å². The average Bonchev–Trinajstić information content (AvgIpc) is 2.51. The lowest BCUT2D eigenvalue weighted by Crippen LogP contribution is -2.29. The van der Waals surface area contributed by atoms with E-state index in [1.165, 1.54) is 0 Å². The minimum atomic E-state index is -0.311. The first-order chi connectivity index (χ1) is 7.11. The van der Waals surface area contributed by atoms with Gasteiger partial charge in [-0.1, -0.05) is 0 Å². The van der Waals surface area contributed by atoms with E-state index in [0.29, 0.717) is 6.54 Å². The van der Waals surface area contributed by atoms with E-state index < -0.39 is 0 Å². The summed E-state index contributed by atoms with van der Waals surface area (Å²) in [5.74, 6) is -0.311. The molecule has 84 valence electrons. The molecule has 3 N–H and O–H groups in total. The lowest BCUT2D eigenvalue weighted by atomic mass is 10.4. The van der Waals surface area contributed by atoms with Crippen molar-refractivity contribution in [3.8, 4) is 0 Å². The molecule has 0 radical (unpaired) electrons. The lowest BCUT2D eigenvalue weighted by Gasteiger charge is -2.11. The SMILES string of the molecule is CCNc1ncc(CN(C)CC(N)=O)s1. The number of aromatic nitrogens is 1. The van der Waals surface area contributed by atoms with Gasteiger partial charge >= 0.3 is 0 Å². The van der Waals surface area contributed by atoms with Crippen molar-refractivity contribution < 1.29 is 4.79 Å². The summed E-state index contributed by atoms with van der Waals surface area (Å²) in [5.41, 5.74) is 5.09. The monoisotopic (exact) mass is 228 g/mol. The van der Waals surface area contributed by atoms with Crippen molar-refractivity contribution in [1.29, 1.82) is 0 Å². The van der Waals surface area contributed by atoms with E-state index in [1.807, 2.05) is 25.1 Å². The zero-order valence-corrected chi connectivity index (χ0v) is 9.80. The number of nitrogens with one attached hydrogen (secondary N) is 1. The molecular weight excluding hydrogens is 212 g/mol. The molecule has 0 saturated heterocycles. The summed E-state index contributed by atoms with van der Waals surface area (Å²) >= 11 is 1.60. The second-order valence-electron chi connectivity index (χ2n) is 3.30. The van der Waals surface area contributed by atoms with E-state index in [0.717, 1.165) is 16.6 Å². The Morgan fingerprint density at radius 1 is 1.73 bits per heavy atom. The normalized spacial score (nSPS) is 10.6.